The fourth-order valence-corrected chi connectivity index (χ4v) is 4.33. The van der Waals surface area contributed by atoms with Crippen molar-refractivity contribution < 1.29 is 4.79 Å². The van der Waals surface area contributed by atoms with Gasteiger partial charge in [-0.15, -0.1) is 0 Å². The van der Waals surface area contributed by atoms with Gasteiger partial charge in [0, 0.05) is 43.0 Å². The lowest BCUT2D eigenvalue weighted by Crippen LogP contribution is -2.46. The number of amides is 1. The summed E-state index contributed by atoms with van der Waals surface area (Å²) in [6, 6.07) is 8.37. The second-order valence-corrected chi connectivity index (χ2v) is 8.70. The molecule has 6 heteroatoms. The molecule has 0 aliphatic carbocycles. The van der Waals surface area contributed by atoms with Gasteiger partial charge in [0.2, 0.25) is 5.91 Å². The van der Waals surface area contributed by atoms with Crippen LogP contribution in [0.1, 0.15) is 45.6 Å². The highest BCUT2D eigenvalue weighted by Gasteiger charge is 2.26. The van der Waals surface area contributed by atoms with E-state index in [0.29, 0.717) is 12.3 Å². The molecule has 1 heterocycles. The van der Waals surface area contributed by atoms with Crippen molar-refractivity contribution >= 4 is 27.8 Å². The predicted octanol–water partition coefficient (Wildman–Crippen LogP) is 3.54. The Morgan fingerprint density at radius 2 is 1.96 bits per heavy atom. The van der Waals surface area contributed by atoms with Gasteiger partial charge in [0.1, 0.15) is 0 Å². The van der Waals surface area contributed by atoms with Crippen molar-refractivity contribution in [1.29, 1.82) is 0 Å². The lowest BCUT2D eigenvalue weighted by Gasteiger charge is -2.34. The van der Waals surface area contributed by atoms with Crippen LogP contribution in [0.3, 0.4) is 0 Å². The van der Waals surface area contributed by atoms with Crippen molar-refractivity contribution in [3.05, 3.63) is 34.3 Å². The molecular weight excluding hydrogens is 404 g/mol. The summed E-state index contributed by atoms with van der Waals surface area (Å²) in [5.41, 5.74) is 1.21. The van der Waals surface area contributed by atoms with Crippen LogP contribution in [0.4, 0.5) is 0 Å². The van der Waals surface area contributed by atoms with Crippen LogP contribution < -0.4 is 10.6 Å². The molecule has 0 radical (unpaired) electrons. The van der Waals surface area contributed by atoms with Gasteiger partial charge in [-0.3, -0.25) is 9.79 Å². The Balaban J connectivity index is 2.02. The van der Waals surface area contributed by atoms with Crippen LogP contribution in [-0.2, 0) is 10.2 Å². The molecule has 2 N–H and O–H groups in total. The summed E-state index contributed by atoms with van der Waals surface area (Å²) < 4.78 is 1.13. The molecule has 0 saturated carbocycles. The zero-order valence-electron chi connectivity index (χ0n) is 17.0. The summed E-state index contributed by atoms with van der Waals surface area (Å²) in [6.45, 7) is 10.0. The van der Waals surface area contributed by atoms with Crippen LogP contribution in [0.5, 0.6) is 0 Å². The molecule has 0 unspecified atom stereocenters. The molecule has 1 amide bonds. The highest BCUT2D eigenvalue weighted by atomic mass is 79.9. The third-order valence-corrected chi connectivity index (χ3v) is 5.92. The number of hydrogen-bond donors (Lipinski definition) is 2. The summed E-state index contributed by atoms with van der Waals surface area (Å²) >= 11 is 3.67. The van der Waals surface area contributed by atoms with Crippen LogP contribution in [0.25, 0.3) is 0 Å². The molecule has 5 nitrogen and oxygen atoms in total. The predicted molar refractivity (Wildman–Crippen MR) is 116 cm³/mol. The van der Waals surface area contributed by atoms with Gasteiger partial charge < -0.3 is 15.5 Å². The molecule has 0 bridgehead atoms. The normalized spacial score (nSPS) is 16.3. The fourth-order valence-electron chi connectivity index (χ4n) is 3.51. The van der Waals surface area contributed by atoms with E-state index < -0.39 is 0 Å². The van der Waals surface area contributed by atoms with E-state index in [-0.39, 0.29) is 11.3 Å². The minimum Gasteiger partial charge on any atom is -0.359 e. The van der Waals surface area contributed by atoms with Gasteiger partial charge in [-0.05, 0) is 37.3 Å². The van der Waals surface area contributed by atoms with E-state index in [2.05, 4.69) is 70.4 Å². The Labute approximate surface area is 172 Å². The number of hydrogen-bond acceptors (Lipinski definition) is 2. The summed E-state index contributed by atoms with van der Waals surface area (Å²) in [7, 11) is 1.71. The number of nitrogens with zero attached hydrogens (tertiary/aromatic N) is 2. The van der Waals surface area contributed by atoms with Gasteiger partial charge in [0.15, 0.2) is 5.96 Å². The van der Waals surface area contributed by atoms with E-state index in [0.717, 1.165) is 49.5 Å². The number of carbonyl (C=O) groups excluding carboxylic acids is 1. The summed E-state index contributed by atoms with van der Waals surface area (Å²) in [5.74, 6) is 1.60. The maximum Gasteiger partial charge on any atom is 0.220 e. The van der Waals surface area contributed by atoms with Crippen molar-refractivity contribution in [3.8, 4) is 0 Å². The Bertz CT molecular complexity index is 651. The highest BCUT2D eigenvalue weighted by molar-refractivity contribution is 9.10. The van der Waals surface area contributed by atoms with E-state index in [1.807, 2.05) is 6.07 Å². The van der Waals surface area contributed by atoms with Crippen LogP contribution in [-0.4, -0.2) is 50.0 Å². The van der Waals surface area contributed by atoms with Crippen molar-refractivity contribution in [2.24, 2.45) is 10.9 Å². The maximum absolute atomic E-state index is 11.6. The minimum atomic E-state index is -0.0572. The second-order valence-electron chi connectivity index (χ2n) is 7.84. The number of aliphatic imine (C=N–C) groups is 1. The van der Waals surface area contributed by atoms with E-state index in [1.54, 1.807) is 7.05 Å². The molecule has 0 spiro atoms. The summed E-state index contributed by atoms with van der Waals surface area (Å²) in [5, 5.41) is 6.17. The molecule has 27 heavy (non-hydrogen) atoms. The van der Waals surface area contributed by atoms with E-state index in [1.165, 1.54) is 5.56 Å². The molecule has 1 aromatic rings. The molecule has 1 aliphatic rings. The molecule has 1 fully saturated rings. The van der Waals surface area contributed by atoms with Crippen molar-refractivity contribution in [3.63, 3.8) is 0 Å². The summed E-state index contributed by atoms with van der Waals surface area (Å²) in [6.07, 6.45) is 2.70. The van der Waals surface area contributed by atoms with Crippen molar-refractivity contribution in [2.75, 3.05) is 33.2 Å². The van der Waals surface area contributed by atoms with Crippen molar-refractivity contribution in [2.45, 2.75) is 45.4 Å². The first kappa shape index (κ1) is 21.7. The molecule has 0 aromatic heterocycles. The fraction of sp³-hybridized carbons (Fsp3) is 0.619. The van der Waals surface area contributed by atoms with Gasteiger partial charge in [0.05, 0.1) is 6.54 Å². The zero-order chi connectivity index (χ0) is 19.9. The number of nitrogens with one attached hydrogen (secondary N) is 2. The highest BCUT2D eigenvalue weighted by Crippen LogP contribution is 2.30. The standard InChI is InChI=1S/C21H33BrN4O/c1-5-24-20(26-12-10-16(11-13-26)14-19(27)23-4)25-15-21(2,3)17-8-6-7-9-18(17)22/h6-9,16H,5,10-15H2,1-4H3,(H,23,27)(H,24,25). The minimum absolute atomic E-state index is 0.0572. The Morgan fingerprint density at radius 3 is 2.56 bits per heavy atom. The quantitative estimate of drug-likeness (QED) is 0.529. The number of likely N-dealkylation sites (tertiary alicyclic amines) is 1. The topological polar surface area (TPSA) is 56.7 Å². The lowest BCUT2D eigenvalue weighted by molar-refractivity contribution is -0.121. The summed E-state index contributed by atoms with van der Waals surface area (Å²) in [4.78, 5) is 18.9. The number of rotatable bonds is 6. The first-order valence-corrected chi connectivity index (χ1v) is 10.7. The molecule has 1 aliphatic heterocycles. The monoisotopic (exact) mass is 436 g/mol. The third kappa shape index (κ3) is 6.23. The largest absolute Gasteiger partial charge is 0.359 e. The van der Waals surface area contributed by atoms with Gasteiger partial charge in [-0.25, -0.2) is 0 Å². The van der Waals surface area contributed by atoms with E-state index in [9.17, 15) is 4.79 Å². The number of guanidine groups is 1. The molecule has 1 saturated heterocycles. The van der Waals surface area contributed by atoms with E-state index >= 15 is 0 Å². The van der Waals surface area contributed by atoms with Gasteiger partial charge in [-0.1, -0.05) is 48.0 Å². The van der Waals surface area contributed by atoms with Crippen LogP contribution in [0.2, 0.25) is 0 Å². The Morgan fingerprint density at radius 1 is 1.30 bits per heavy atom. The number of halogens is 1. The Hall–Kier alpha value is -1.56. The van der Waals surface area contributed by atoms with Crippen LogP contribution in [0, 0.1) is 5.92 Å². The zero-order valence-corrected chi connectivity index (χ0v) is 18.6. The Kier molecular flexibility index (Phi) is 8.14. The van der Waals surface area contributed by atoms with Crippen LogP contribution >= 0.6 is 15.9 Å². The molecule has 2 rings (SSSR count). The lowest BCUT2D eigenvalue weighted by atomic mass is 9.85. The molecule has 1 aromatic carbocycles. The van der Waals surface area contributed by atoms with Gasteiger partial charge in [0.25, 0.3) is 0 Å². The average molecular weight is 437 g/mol. The number of benzene rings is 1. The third-order valence-electron chi connectivity index (χ3n) is 5.23. The average Bonchev–Trinajstić information content (AvgIpc) is 2.66. The first-order valence-electron chi connectivity index (χ1n) is 9.86. The number of piperidine rings is 1. The first-order chi connectivity index (χ1) is 12.9. The molecular formula is C21H33BrN4O. The van der Waals surface area contributed by atoms with E-state index in [4.69, 9.17) is 4.99 Å². The maximum atomic E-state index is 11.6. The van der Waals surface area contributed by atoms with Crippen molar-refractivity contribution in [1.82, 2.24) is 15.5 Å². The molecule has 0 atom stereocenters. The van der Waals surface area contributed by atoms with Crippen LogP contribution in [0.15, 0.2) is 33.7 Å². The van der Waals surface area contributed by atoms with Gasteiger partial charge >= 0.3 is 0 Å². The smallest absolute Gasteiger partial charge is 0.220 e. The SMILES string of the molecule is CCNC(=NCC(C)(C)c1ccccc1Br)N1CCC(CC(=O)NC)CC1. The number of carbonyl (C=O) groups is 1. The molecule has 150 valence electrons. The second kappa shape index (κ2) is 10.1. The van der Waals surface area contributed by atoms with Gasteiger partial charge in [-0.2, -0.15) is 0 Å².